The molecule has 0 aliphatic carbocycles. The summed E-state index contributed by atoms with van der Waals surface area (Å²) in [5.74, 6) is 0.242. The molecule has 25 heavy (non-hydrogen) atoms. The van der Waals surface area contributed by atoms with Crippen molar-refractivity contribution < 1.29 is 4.79 Å². The second-order valence-electron chi connectivity index (χ2n) is 5.32. The van der Waals surface area contributed by atoms with Crippen LogP contribution in [0.1, 0.15) is 15.9 Å². The van der Waals surface area contributed by atoms with E-state index in [4.69, 9.17) is 23.2 Å². The molecule has 0 saturated heterocycles. The number of benzene rings is 2. The molecule has 1 aromatic heterocycles. The summed E-state index contributed by atoms with van der Waals surface area (Å²) in [6.07, 6.45) is 1.62. The third-order valence-corrected chi connectivity index (χ3v) is 4.27. The summed E-state index contributed by atoms with van der Waals surface area (Å²) in [4.78, 5) is 16.8. The van der Waals surface area contributed by atoms with Gasteiger partial charge in [0.05, 0.1) is 15.6 Å². The Bertz CT molecular complexity index is 885. The SMILES string of the molecule is O=C(NCc1ccccc1)c1cccnc1Nc1ccc(Cl)c(Cl)c1. The molecule has 0 aliphatic heterocycles. The van der Waals surface area contributed by atoms with Crippen LogP contribution < -0.4 is 10.6 Å². The number of anilines is 2. The van der Waals surface area contributed by atoms with Crippen LogP contribution in [0.4, 0.5) is 11.5 Å². The molecule has 0 bridgehead atoms. The fraction of sp³-hybridized carbons (Fsp3) is 0.0526. The van der Waals surface area contributed by atoms with Gasteiger partial charge in [0.15, 0.2) is 0 Å². The predicted molar refractivity (Wildman–Crippen MR) is 102 cm³/mol. The molecule has 0 fully saturated rings. The summed E-state index contributed by atoms with van der Waals surface area (Å²) in [5, 5.41) is 6.90. The van der Waals surface area contributed by atoms with E-state index < -0.39 is 0 Å². The quantitative estimate of drug-likeness (QED) is 0.658. The molecule has 0 aliphatic rings. The molecule has 6 heteroatoms. The van der Waals surface area contributed by atoms with Crippen LogP contribution in [0.5, 0.6) is 0 Å². The van der Waals surface area contributed by atoms with Crippen molar-refractivity contribution in [3.8, 4) is 0 Å². The molecule has 0 saturated carbocycles. The minimum atomic E-state index is -0.209. The maximum Gasteiger partial charge on any atom is 0.255 e. The number of nitrogens with one attached hydrogen (secondary N) is 2. The average molecular weight is 372 g/mol. The predicted octanol–water partition coefficient (Wildman–Crippen LogP) is 5.06. The van der Waals surface area contributed by atoms with E-state index in [0.29, 0.717) is 33.7 Å². The van der Waals surface area contributed by atoms with Gasteiger partial charge in [0, 0.05) is 18.4 Å². The molecule has 0 unspecified atom stereocenters. The summed E-state index contributed by atoms with van der Waals surface area (Å²) in [5.41, 5.74) is 2.17. The number of pyridine rings is 1. The van der Waals surface area contributed by atoms with Crippen LogP contribution >= 0.6 is 23.2 Å². The lowest BCUT2D eigenvalue weighted by Gasteiger charge is -2.12. The molecule has 0 radical (unpaired) electrons. The van der Waals surface area contributed by atoms with Gasteiger partial charge in [-0.3, -0.25) is 4.79 Å². The van der Waals surface area contributed by atoms with Gasteiger partial charge in [-0.25, -0.2) is 4.98 Å². The Morgan fingerprint density at radius 3 is 2.52 bits per heavy atom. The second kappa shape index (κ2) is 8.01. The van der Waals surface area contributed by atoms with E-state index in [1.54, 1.807) is 36.5 Å². The van der Waals surface area contributed by atoms with Crippen molar-refractivity contribution in [3.63, 3.8) is 0 Å². The zero-order valence-corrected chi connectivity index (χ0v) is 14.7. The maximum absolute atomic E-state index is 12.5. The van der Waals surface area contributed by atoms with Crippen LogP contribution in [0, 0.1) is 0 Å². The number of carbonyl (C=O) groups excluding carboxylic acids is 1. The van der Waals surface area contributed by atoms with E-state index in [9.17, 15) is 4.79 Å². The lowest BCUT2D eigenvalue weighted by molar-refractivity contribution is 0.0951. The number of amides is 1. The third-order valence-electron chi connectivity index (χ3n) is 3.53. The molecule has 4 nitrogen and oxygen atoms in total. The average Bonchev–Trinajstić information content (AvgIpc) is 2.64. The van der Waals surface area contributed by atoms with Gasteiger partial charge in [0.1, 0.15) is 5.82 Å². The second-order valence-corrected chi connectivity index (χ2v) is 6.14. The Labute approximate surface area is 155 Å². The summed E-state index contributed by atoms with van der Waals surface area (Å²) < 4.78 is 0. The first-order valence-corrected chi connectivity index (χ1v) is 8.38. The summed E-state index contributed by atoms with van der Waals surface area (Å²) >= 11 is 12.0. The van der Waals surface area contributed by atoms with Gasteiger partial charge >= 0.3 is 0 Å². The van der Waals surface area contributed by atoms with Gasteiger partial charge in [0.25, 0.3) is 5.91 Å². The molecule has 3 rings (SSSR count). The largest absolute Gasteiger partial charge is 0.348 e. The van der Waals surface area contributed by atoms with Crippen LogP contribution in [-0.4, -0.2) is 10.9 Å². The zero-order valence-electron chi connectivity index (χ0n) is 13.2. The van der Waals surface area contributed by atoms with E-state index in [2.05, 4.69) is 15.6 Å². The zero-order chi connectivity index (χ0) is 17.6. The van der Waals surface area contributed by atoms with Crippen molar-refractivity contribution in [1.82, 2.24) is 10.3 Å². The minimum absolute atomic E-state index is 0.209. The number of halogens is 2. The highest BCUT2D eigenvalue weighted by atomic mass is 35.5. The number of carbonyl (C=O) groups is 1. The van der Waals surface area contributed by atoms with E-state index in [1.165, 1.54) is 0 Å². The number of aromatic nitrogens is 1. The Morgan fingerprint density at radius 2 is 1.76 bits per heavy atom. The Morgan fingerprint density at radius 1 is 0.960 bits per heavy atom. The van der Waals surface area contributed by atoms with E-state index >= 15 is 0 Å². The minimum Gasteiger partial charge on any atom is -0.348 e. The molecule has 3 aromatic rings. The molecule has 2 N–H and O–H groups in total. The van der Waals surface area contributed by atoms with E-state index in [1.807, 2.05) is 30.3 Å². The molecule has 1 amide bonds. The molecular weight excluding hydrogens is 357 g/mol. The fourth-order valence-electron chi connectivity index (χ4n) is 2.27. The van der Waals surface area contributed by atoms with Crippen molar-refractivity contribution in [2.24, 2.45) is 0 Å². The van der Waals surface area contributed by atoms with Crippen LogP contribution in [0.3, 0.4) is 0 Å². The highest BCUT2D eigenvalue weighted by Gasteiger charge is 2.12. The van der Waals surface area contributed by atoms with E-state index in [0.717, 1.165) is 5.56 Å². The third kappa shape index (κ3) is 4.50. The van der Waals surface area contributed by atoms with Crippen LogP contribution in [0.2, 0.25) is 10.0 Å². The first kappa shape index (κ1) is 17.3. The van der Waals surface area contributed by atoms with Gasteiger partial charge < -0.3 is 10.6 Å². The number of hydrogen-bond donors (Lipinski definition) is 2. The van der Waals surface area contributed by atoms with Crippen LogP contribution in [0.15, 0.2) is 66.9 Å². The van der Waals surface area contributed by atoms with Crippen LogP contribution in [-0.2, 0) is 6.54 Å². The summed E-state index contributed by atoms with van der Waals surface area (Å²) in [6.45, 7) is 0.445. The molecule has 0 atom stereocenters. The smallest absolute Gasteiger partial charge is 0.255 e. The van der Waals surface area contributed by atoms with Crippen molar-refractivity contribution in [3.05, 3.63) is 88.0 Å². The first-order chi connectivity index (χ1) is 12.1. The topological polar surface area (TPSA) is 54.0 Å². The molecule has 1 heterocycles. The molecular formula is C19H15Cl2N3O. The molecule has 126 valence electrons. The number of rotatable bonds is 5. The van der Waals surface area contributed by atoms with E-state index in [-0.39, 0.29) is 5.91 Å². The summed E-state index contributed by atoms with van der Waals surface area (Å²) in [6, 6.07) is 18.3. The summed E-state index contributed by atoms with van der Waals surface area (Å²) in [7, 11) is 0. The molecule has 2 aromatic carbocycles. The van der Waals surface area contributed by atoms with Crippen molar-refractivity contribution in [2.75, 3.05) is 5.32 Å². The van der Waals surface area contributed by atoms with Gasteiger partial charge in [-0.05, 0) is 35.9 Å². The Hall–Kier alpha value is -2.56. The number of nitrogens with zero attached hydrogens (tertiary/aromatic N) is 1. The monoisotopic (exact) mass is 371 g/mol. The highest BCUT2D eigenvalue weighted by molar-refractivity contribution is 6.42. The standard InChI is InChI=1S/C19H15Cl2N3O/c20-16-9-8-14(11-17(16)21)24-18-15(7-4-10-22-18)19(25)23-12-13-5-2-1-3-6-13/h1-11H,12H2,(H,22,24)(H,23,25). The van der Waals surface area contributed by atoms with Crippen LogP contribution in [0.25, 0.3) is 0 Å². The lowest BCUT2D eigenvalue weighted by Crippen LogP contribution is -2.24. The fourth-order valence-corrected chi connectivity index (χ4v) is 2.57. The Balaban J connectivity index is 1.75. The van der Waals surface area contributed by atoms with Gasteiger partial charge in [-0.2, -0.15) is 0 Å². The molecule has 0 spiro atoms. The van der Waals surface area contributed by atoms with Gasteiger partial charge in [-0.1, -0.05) is 53.5 Å². The van der Waals surface area contributed by atoms with Crippen molar-refractivity contribution >= 4 is 40.6 Å². The normalized spacial score (nSPS) is 10.3. The van der Waals surface area contributed by atoms with Crippen molar-refractivity contribution in [2.45, 2.75) is 6.54 Å². The van der Waals surface area contributed by atoms with Gasteiger partial charge in [-0.15, -0.1) is 0 Å². The number of hydrogen-bond acceptors (Lipinski definition) is 3. The highest BCUT2D eigenvalue weighted by Crippen LogP contribution is 2.27. The maximum atomic E-state index is 12.5. The Kier molecular flexibility index (Phi) is 5.53. The lowest BCUT2D eigenvalue weighted by atomic mass is 10.2. The van der Waals surface area contributed by atoms with Gasteiger partial charge in [0.2, 0.25) is 0 Å². The van der Waals surface area contributed by atoms with Crippen molar-refractivity contribution in [1.29, 1.82) is 0 Å². The first-order valence-electron chi connectivity index (χ1n) is 7.63.